The highest BCUT2D eigenvalue weighted by Gasteiger charge is 2.09. The average Bonchev–Trinajstić information content (AvgIpc) is 2.89. The standard InChI is InChI=1S/C29H20ClN3O2/c30-23-13-9-19(10-14-23)28(34)32-24-15-11-20(12-16-24)29(35)33-31-18-27-25-7-3-1-5-21(25)17-22-6-2-4-8-26(22)27/h1-18H,(H,32,34)(H,33,35)/b31-18-. The molecule has 0 saturated heterocycles. The molecule has 0 spiro atoms. The second-order valence-electron chi connectivity index (χ2n) is 7.97. The minimum absolute atomic E-state index is 0.259. The first-order valence-electron chi connectivity index (χ1n) is 11.0. The third kappa shape index (κ3) is 4.90. The van der Waals surface area contributed by atoms with Gasteiger partial charge in [0, 0.05) is 27.4 Å². The van der Waals surface area contributed by atoms with Crippen LogP contribution in [0.5, 0.6) is 0 Å². The van der Waals surface area contributed by atoms with Crippen LogP contribution in [0.25, 0.3) is 21.5 Å². The summed E-state index contributed by atoms with van der Waals surface area (Å²) in [4.78, 5) is 25.0. The topological polar surface area (TPSA) is 70.6 Å². The van der Waals surface area contributed by atoms with Crippen molar-refractivity contribution in [3.05, 3.63) is 125 Å². The van der Waals surface area contributed by atoms with Crippen LogP contribution in [0, 0.1) is 0 Å². The van der Waals surface area contributed by atoms with Crippen LogP contribution in [0.4, 0.5) is 5.69 Å². The molecule has 0 fully saturated rings. The zero-order valence-corrected chi connectivity index (χ0v) is 19.3. The number of hydrogen-bond acceptors (Lipinski definition) is 3. The molecule has 0 unspecified atom stereocenters. The highest BCUT2D eigenvalue weighted by Crippen LogP contribution is 2.27. The molecule has 5 rings (SSSR count). The van der Waals surface area contributed by atoms with Gasteiger partial charge in [-0.3, -0.25) is 9.59 Å². The summed E-state index contributed by atoms with van der Waals surface area (Å²) in [5, 5.41) is 11.9. The molecule has 0 aliphatic rings. The van der Waals surface area contributed by atoms with Crippen LogP contribution in [0.15, 0.2) is 108 Å². The Morgan fingerprint density at radius 3 is 1.86 bits per heavy atom. The first-order chi connectivity index (χ1) is 17.1. The Labute approximate surface area is 207 Å². The molecule has 0 saturated carbocycles. The molecule has 5 nitrogen and oxygen atoms in total. The van der Waals surface area contributed by atoms with Gasteiger partial charge in [-0.2, -0.15) is 5.10 Å². The summed E-state index contributed by atoms with van der Waals surface area (Å²) < 4.78 is 0. The number of carbonyl (C=O) groups excluding carboxylic acids is 2. The Morgan fingerprint density at radius 1 is 0.686 bits per heavy atom. The van der Waals surface area contributed by atoms with E-state index in [1.54, 1.807) is 54.7 Å². The van der Waals surface area contributed by atoms with Crippen molar-refractivity contribution in [3.63, 3.8) is 0 Å². The number of rotatable bonds is 5. The van der Waals surface area contributed by atoms with E-state index >= 15 is 0 Å². The first-order valence-corrected chi connectivity index (χ1v) is 11.4. The molecule has 0 heterocycles. The van der Waals surface area contributed by atoms with Crippen molar-refractivity contribution < 1.29 is 9.59 Å². The van der Waals surface area contributed by atoms with Crippen LogP contribution in [0.3, 0.4) is 0 Å². The Bertz CT molecular complexity index is 1520. The zero-order chi connectivity index (χ0) is 24.2. The molecule has 0 radical (unpaired) electrons. The van der Waals surface area contributed by atoms with Crippen molar-refractivity contribution in [2.45, 2.75) is 0 Å². The second kappa shape index (κ2) is 9.79. The number of carbonyl (C=O) groups is 2. The molecule has 0 aromatic heterocycles. The van der Waals surface area contributed by atoms with E-state index in [4.69, 9.17) is 11.6 Å². The third-order valence-corrected chi connectivity index (χ3v) is 5.94. The van der Waals surface area contributed by atoms with Gasteiger partial charge in [0.15, 0.2) is 0 Å². The number of nitrogens with zero attached hydrogens (tertiary/aromatic N) is 1. The number of amides is 2. The van der Waals surface area contributed by atoms with Gasteiger partial charge >= 0.3 is 0 Å². The smallest absolute Gasteiger partial charge is 0.271 e. The van der Waals surface area contributed by atoms with E-state index in [0.717, 1.165) is 27.1 Å². The maximum atomic E-state index is 12.6. The maximum Gasteiger partial charge on any atom is 0.271 e. The molecule has 0 aliphatic carbocycles. The molecule has 0 aliphatic heterocycles. The van der Waals surface area contributed by atoms with Gasteiger partial charge in [-0.05, 0) is 76.1 Å². The number of hydrazone groups is 1. The highest BCUT2D eigenvalue weighted by molar-refractivity contribution is 6.30. The molecule has 0 bridgehead atoms. The zero-order valence-electron chi connectivity index (χ0n) is 18.5. The predicted octanol–water partition coefficient (Wildman–Crippen LogP) is 6.66. The van der Waals surface area contributed by atoms with E-state index in [1.165, 1.54) is 0 Å². The van der Waals surface area contributed by atoms with Gasteiger partial charge < -0.3 is 5.32 Å². The molecule has 35 heavy (non-hydrogen) atoms. The summed E-state index contributed by atoms with van der Waals surface area (Å²) in [6, 6.07) is 31.6. The summed E-state index contributed by atoms with van der Waals surface area (Å²) in [7, 11) is 0. The second-order valence-corrected chi connectivity index (χ2v) is 8.41. The lowest BCUT2D eigenvalue weighted by Gasteiger charge is -2.08. The molecule has 6 heteroatoms. The molecule has 5 aromatic carbocycles. The lowest BCUT2D eigenvalue weighted by molar-refractivity contribution is 0.0954. The summed E-state index contributed by atoms with van der Waals surface area (Å²) >= 11 is 5.87. The summed E-state index contributed by atoms with van der Waals surface area (Å²) in [6.45, 7) is 0. The SMILES string of the molecule is O=C(N/N=C\c1c2ccccc2cc2ccccc12)c1ccc(NC(=O)c2ccc(Cl)cc2)cc1. The Hall–Kier alpha value is -4.48. The van der Waals surface area contributed by atoms with Crippen molar-refractivity contribution in [2.24, 2.45) is 5.10 Å². The summed E-state index contributed by atoms with van der Waals surface area (Å²) in [5.41, 5.74) is 5.04. The van der Waals surface area contributed by atoms with Gasteiger partial charge in [-0.25, -0.2) is 5.43 Å². The van der Waals surface area contributed by atoms with Crippen molar-refractivity contribution in [1.29, 1.82) is 0 Å². The fourth-order valence-corrected chi connectivity index (χ4v) is 4.04. The van der Waals surface area contributed by atoms with E-state index in [1.807, 2.05) is 36.4 Å². The van der Waals surface area contributed by atoms with Crippen molar-refractivity contribution in [2.75, 3.05) is 5.32 Å². The molecule has 2 N–H and O–H groups in total. The third-order valence-electron chi connectivity index (χ3n) is 5.68. The van der Waals surface area contributed by atoms with Crippen molar-refractivity contribution in [3.8, 4) is 0 Å². The minimum atomic E-state index is -0.346. The monoisotopic (exact) mass is 477 g/mol. The van der Waals surface area contributed by atoms with Gasteiger partial charge in [-0.1, -0.05) is 60.1 Å². The van der Waals surface area contributed by atoms with Crippen LogP contribution in [0.1, 0.15) is 26.3 Å². The molecule has 5 aromatic rings. The van der Waals surface area contributed by atoms with E-state index in [0.29, 0.717) is 21.8 Å². The van der Waals surface area contributed by atoms with E-state index in [-0.39, 0.29) is 11.8 Å². The van der Waals surface area contributed by atoms with Gasteiger partial charge in [0.1, 0.15) is 0 Å². The van der Waals surface area contributed by atoms with Crippen LogP contribution >= 0.6 is 11.6 Å². The number of nitrogens with one attached hydrogen (secondary N) is 2. The van der Waals surface area contributed by atoms with E-state index in [9.17, 15) is 9.59 Å². The summed E-state index contributed by atoms with van der Waals surface area (Å²) in [6.07, 6.45) is 1.68. The van der Waals surface area contributed by atoms with Crippen LogP contribution in [0.2, 0.25) is 5.02 Å². The fraction of sp³-hybridized carbons (Fsp3) is 0. The first kappa shape index (κ1) is 22.3. The highest BCUT2D eigenvalue weighted by atomic mass is 35.5. The fourth-order valence-electron chi connectivity index (χ4n) is 3.92. The Kier molecular flexibility index (Phi) is 6.24. The molecule has 2 amide bonds. The van der Waals surface area contributed by atoms with Crippen molar-refractivity contribution >= 4 is 56.9 Å². The minimum Gasteiger partial charge on any atom is -0.322 e. The largest absolute Gasteiger partial charge is 0.322 e. The van der Waals surface area contributed by atoms with Gasteiger partial charge in [0.2, 0.25) is 0 Å². The van der Waals surface area contributed by atoms with E-state index in [2.05, 4.69) is 34.0 Å². The van der Waals surface area contributed by atoms with Crippen LogP contribution in [-0.2, 0) is 0 Å². The number of hydrogen-bond donors (Lipinski definition) is 2. The lowest BCUT2D eigenvalue weighted by atomic mass is 9.97. The molecule has 0 atom stereocenters. The Morgan fingerprint density at radius 2 is 1.23 bits per heavy atom. The molecule has 170 valence electrons. The van der Waals surface area contributed by atoms with Crippen LogP contribution < -0.4 is 10.7 Å². The maximum absolute atomic E-state index is 12.6. The summed E-state index contributed by atoms with van der Waals surface area (Å²) in [5.74, 6) is -0.604. The molecular formula is C29H20ClN3O2. The van der Waals surface area contributed by atoms with Gasteiger partial charge in [-0.15, -0.1) is 0 Å². The lowest BCUT2D eigenvalue weighted by Crippen LogP contribution is -2.18. The number of fused-ring (bicyclic) bond motifs is 2. The van der Waals surface area contributed by atoms with E-state index < -0.39 is 0 Å². The normalized spacial score (nSPS) is 11.1. The quantitative estimate of drug-likeness (QED) is 0.169. The van der Waals surface area contributed by atoms with Gasteiger partial charge in [0.25, 0.3) is 11.8 Å². The van der Waals surface area contributed by atoms with Crippen LogP contribution in [-0.4, -0.2) is 18.0 Å². The van der Waals surface area contributed by atoms with Gasteiger partial charge in [0.05, 0.1) is 6.21 Å². The number of benzene rings is 5. The van der Waals surface area contributed by atoms with Crippen molar-refractivity contribution in [1.82, 2.24) is 5.43 Å². The number of anilines is 1. The Balaban J connectivity index is 1.30. The number of halogens is 1. The predicted molar refractivity (Wildman–Crippen MR) is 142 cm³/mol. The average molecular weight is 478 g/mol. The molecular weight excluding hydrogens is 458 g/mol.